The molecule has 4 aromatic rings. The molecule has 6 nitrogen and oxygen atoms in total. The van der Waals surface area contributed by atoms with Gasteiger partial charge in [-0.2, -0.15) is 9.78 Å². The second kappa shape index (κ2) is 9.06. The second-order valence-corrected chi connectivity index (χ2v) is 7.85. The zero-order valence-corrected chi connectivity index (χ0v) is 18.4. The first-order chi connectivity index (χ1) is 15.4. The normalized spacial score (nSPS) is 10.8. The van der Waals surface area contributed by atoms with Gasteiger partial charge >= 0.3 is 0 Å². The molecule has 0 saturated carbocycles. The summed E-state index contributed by atoms with van der Waals surface area (Å²) in [7, 11) is 1.71. The van der Waals surface area contributed by atoms with Crippen LogP contribution in [0, 0.1) is 13.8 Å². The van der Waals surface area contributed by atoms with E-state index in [2.05, 4.69) is 11.2 Å². The van der Waals surface area contributed by atoms with E-state index in [0.717, 1.165) is 16.9 Å². The van der Waals surface area contributed by atoms with Gasteiger partial charge in [0.1, 0.15) is 12.4 Å². The molecular weight excluding hydrogens is 402 g/mol. The monoisotopic (exact) mass is 427 g/mol. The molecule has 0 aliphatic rings. The molecule has 1 heterocycles. The highest BCUT2D eigenvalue weighted by molar-refractivity contribution is 6.04. The second-order valence-electron chi connectivity index (χ2n) is 7.85. The Kier molecular flexibility index (Phi) is 6.03. The number of hydrogen-bond acceptors (Lipinski definition) is 4. The number of aromatic nitrogens is 2. The molecule has 0 spiro atoms. The number of hydrogen-bond donors (Lipinski definition) is 0. The Bertz CT molecular complexity index is 1310. The Morgan fingerprint density at radius 1 is 0.938 bits per heavy atom. The summed E-state index contributed by atoms with van der Waals surface area (Å²) in [5.74, 6) is 0.513. The average molecular weight is 428 g/mol. The van der Waals surface area contributed by atoms with Crippen LogP contribution in [0.1, 0.15) is 21.6 Å². The Morgan fingerprint density at radius 2 is 1.56 bits per heavy atom. The van der Waals surface area contributed by atoms with Crippen LogP contribution in [0.5, 0.6) is 5.75 Å². The number of para-hydroxylation sites is 1. The molecule has 3 aromatic carbocycles. The molecular formula is C26H25N3O3. The van der Waals surface area contributed by atoms with E-state index in [-0.39, 0.29) is 17.2 Å². The molecule has 0 atom stereocenters. The van der Waals surface area contributed by atoms with Gasteiger partial charge in [-0.15, -0.1) is 0 Å². The Hall–Kier alpha value is -3.93. The zero-order chi connectivity index (χ0) is 22.7. The van der Waals surface area contributed by atoms with Crippen molar-refractivity contribution in [2.45, 2.75) is 13.8 Å². The standard InChI is InChI=1S/C26H25N3O3/c1-18-15-19(2)17-21(16-18)32-14-13-28(3)26(31)24-22-11-7-8-12-23(22)25(30)29(27-24)20-9-5-4-6-10-20/h4-12,15-17H,13-14H2,1-3H3. The smallest absolute Gasteiger partial charge is 0.279 e. The maximum absolute atomic E-state index is 13.3. The first kappa shape index (κ1) is 21.3. The summed E-state index contributed by atoms with van der Waals surface area (Å²) in [6, 6.07) is 22.2. The van der Waals surface area contributed by atoms with E-state index in [0.29, 0.717) is 29.6 Å². The number of likely N-dealkylation sites (N-methyl/N-ethyl adjacent to an activating group) is 1. The molecule has 0 aliphatic heterocycles. The van der Waals surface area contributed by atoms with Crippen LogP contribution in [0.3, 0.4) is 0 Å². The lowest BCUT2D eigenvalue weighted by molar-refractivity contribution is 0.0768. The van der Waals surface area contributed by atoms with Gasteiger partial charge in [0.2, 0.25) is 0 Å². The molecule has 162 valence electrons. The fourth-order valence-electron chi connectivity index (χ4n) is 3.69. The fraction of sp³-hybridized carbons (Fsp3) is 0.192. The molecule has 0 saturated heterocycles. The third-order valence-corrected chi connectivity index (χ3v) is 5.25. The molecule has 32 heavy (non-hydrogen) atoms. The molecule has 0 radical (unpaired) electrons. The first-order valence-corrected chi connectivity index (χ1v) is 10.5. The summed E-state index contributed by atoms with van der Waals surface area (Å²) < 4.78 is 7.14. The number of aryl methyl sites for hydroxylation is 2. The van der Waals surface area contributed by atoms with Crippen LogP contribution in [0.4, 0.5) is 0 Å². The minimum absolute atomic E-state index is 0.234. The van der Waals surface area contributed by atoms with Gasteiger partial charge < -0.3 is 9.64 Å². The van der Waals surface area contributed by atoms with Crippen molar-refractivity contribution in [3.8, 4) is 11.4 Å². The predicted molar refractivity (Wildman–Crippen MR) is 126 cm³/mol. The summed E-state index contributed by atoms with van der Waals surface area (Å²) in [6.45, 7) is 4.77. The lowest BCUT2D eigenvalue weighted by atomic mass is 10.1. The number of amides is 1. The number of benzene rings is 3. The maximum atomic E-state index is 13.3. The van der Waals surface area contributed by atoms with E-state index >= 15 is 0 Å². The van der Waals surface area contributed by atoms with Gasteiger partial charge in [0, 0.05) is 12.4 Å². The van der Waals surface area contributed by atoms with Crippen molar-refractivity contribution in [3.63, 3.8) is 0 Å². The third kappa shape index (κ3) is 4.39. The number of fused-ring (bicyclic) bond motifs is 1. The summed E-state index contributed by atoms with van der Waals surface area (Å²) >= 11 is 0. The summed E-state index contributed by atoms with van der Waals surface area (Å²) in [4.78, 5) is 27.9. The maximum Gasteiger partial charge on any atom is 0.279 e. The quantitative estimate of drug-likeness (QED) is 0.464. The summed E-state index contributed by atoms with van der Waals surface area (Å²) in [5.41, 5.74) is 2.84. The third-order valence-electron chi connectivity index (χ3n) is 5.25. The van der Waals surface area contributed by atoms with Crippen molar-refractivity contribution in [1.82, 2.24) is 14.7 Å². The average Bonchev–Trinajstić information content (AvgIpc) is 2.79. The van der Waals surface area contributed by atoms with Crippen LogP contribution in [-0.4, -0.2) is 40.8 Å². The van der Waals surface area contributed by atoms with Gasteiger partial charge in [0.25, 0.3) is 11.5 Å². The minimum Gasteiger partial charge on any atom is -0.492 e. The van der Waals surface area contributed by atoms with Crippen molar-refractivity contribution in [2.75, 3.05) is 20.2 Å². The number of rotatable bonds is 6. The van der Waals surface area contributed by atoms with Crippen LogP contribution < -0.4 is 10.3 Å². The van der Waals surface area contributed by atoms with Crippen LogP contribution in [-0.2, 0) is 0 Å². The Labute approximate surface area is 186 Å². The predicted octanol–water partition coefficient (Wildman–Crippen LogP) is 4.15. The molecule has 0 aliphatic carbocycles. The van der Waals surface area contributed by atoms with Gasteiger partial charge in [-0.1, -0.05) is 42.5 Å². The van der Waals surface area contributed by atoms with Crippen molar-refractivity contribution >= 4 is 16.7 Å². The molecule has 0 bridgehead atoms. The zero-order valence-electron chi connectivity index (χ0n) is 18.4. The van der Waals surface area contributed by atoms with Crippen molar-refractivity contribution in [1.29, 1.82) is 0 Å². The van der Waals surface area contributed by atoms with Crippen LogP contribution >= 0.6 is 0 Å². The molecule has 0 fully saturated rings. The summed E-state index contributed by atoms with van der Waals surface area (Å²) in [6.07, 6.45) is 0. The van der Waals surface area contributed by atoms with E-state index in [4.69, 9.17) is 4.74 Å². The minimum atomic E-state index is -0.269. The largest absolute Gasteiger partial charge is 0.492 e. The first-order valence-electron chi connectivity index (χ1n) is 10.5. The van der Waals surface area contributed by atoms with E-state index < -0.39 is 0 Å². The number of carbonyl (C=O) groups excluding carboxylic acids is 1. The lowest BCUT2D eigenvalue weighted by Gasteiger charge is -2.19. The van der Waals surface area contributed by atoms with Gasteiger partial charge in [-0.25, -0.2) is 0 Å². The number of nitrogens with zero attached hydrogens (tertiary/aromatic N) is 3. The van der Waals surface area contributed by atoms with Crippen molar-refractivity contribution < 1.29 is 9.53 Å². The SMILES string of the molecule is Cc1cc(C)cc(OCCN(C)C(=O)c2nn(-c3ccccc3)c(=O)c3ccccc23)c1. The van der Waals surface area contributed by atoms with E-state index in [1.54, 1.807) is 48.3 Å². The molecule has 1 aromatic heterocycles. The van der Waals surface area contributed by atoms with E-state index in [9.17, 15) is 9.59 Å². The highest BCUT2D eigenvalue weighted by atomic mass is 16.5. The van der Waals surface area contributed by atoms with Gasteiger partial charge in [-0.3, -0.25) is 9.59 Å². The van der Waals surface area contributed by atoms with E-state index in [1.807, 2.05) is 44.2 Å². The topological polar surface area (TPSA) is 64.4 Å². The van der Waals surface area contributed by atoms with Gasteiger partial charge in [-0.05, 0) is 55.3 Å². The number of carbonyl (C=O) groups is 1. The van der Waals surface area contributed by atoms with Crippen LogP contribution in [0.25, 0.3) is 16.5 Å². The molecule has 0 N–H and O–H groups in total. The Morgan fingerprint density at radius 3 is 2.25 bits per heavy atom. The highest BCUT2D eigenvalue weighted by Gasteiger charge is 2.20. The van der Waals surface area contributed by atoms with Gasteiger partial charge in [0.15, 0.2) is 5.69 Å². The van der Waals surface area contributed by atoms with Gasteiger partial charge in [0.05, 0.1) is 17.6 Å². The fourth-order valence-corrected chi connectivity index (χ4v) is 3.69. The van der Waals surface area contributed by atoms with Crippen LogP contribution in [0.15, 0.2) is 77.6 Å². The van der Waals surface area contributed by atoms with Crippen molar-refractivity contribution in [3.05, 3.63) is 100.0 Å². The Balaban J connectivity index is 1.61. The molecule has 4 rings (SSSR count). The van der Waals surface area contributed by atoms with Crippen molar-refractivity contribution in [2.24, 2.45) is 0 Å². The molecule has 1 amide bonds. The summed E-state index contributed by atoms with van der Waals surface area (Å²) in [5, 5.41) is 5.45. The molecule has 0 unspecified atom stereocenters. The van der Waals surface area contributed by atoms with E-state index in [1.165, 1.54) is 4.68 Å². The highest BCUT2D eigenvalue weighted by Crippen LogP contribution is 2.18. The van der Waals surface area contributed by atoms with Crippen LogP contribution in [0.2, 0.25) is 0 Å². The number of ether oxygens (including phenoxy) is 1. The molecule has 6 heteroatoms. The lowest BCUT2D eigenvalue weighted by Crippen LogP contribution is -2.34.